The molecular formula is C17H21ClO4. The lowest BCUT2D eigenvalue weighted by Gasteiger charge is -2.10. The van der Waals surface area contributed by atoms with E-state index >= 15 is 0 Å². The van der Waals surface area contributed by atoms with Gasteiger partial charge in [-0.3, -0.25) is 4.79 Å². The number of hydrogen-bond donors (Lipinski definition) is 1. The van der Waals surface area contributed by atoms with Gasteiger partial charge in [0.2, 0.25) is 0 Å². The molecule has 0 aromatic heterocycles. The van der Waals surface area contributed by atoms with Crippen molar-refractivity contribution in [1.82, 2.24) is 0 Å². The number of carbonyl (C=O) groups is 1. The van der Waals surface area contributed by atoms with Crippen LogP contribution in [0.25, 0.3) is 6.08 Å². The van der Waals surface area contributed by atoms with Crippen molar-refractivity contribution < 1.29 is 19.4 Å². The Kier molecular flexibility index (Phi) is 8.33. The Hall–Kier alpha value is -1.78. The molecule has 0 saturated carbocycles. The van der Waals surface area contributed by atoms with Crippen LogP contribution in [-0.2, 0) is 4.79 Å². The lowest BCUT2D eigenvalue weighted by Crippen LogP contribution is -2.07. The molecule has 1 aromatic rings. The minimum Gasteiger partial charge on any atom is -0.493 e. The summed E-state index contributed by atoms with van der Waals surface area (Å²) in [5.41, 5.74) is 0.808. The molecule has 1 atom stereocenters. The predicted molar refractivity (Wildman–Crippen MR) is 88.7 cm³/mol. The minimum absolute atomic E-state index is 0.0246. The quantitative estimate of drug-likeness (QED) is 0.311. The van der Waals surface area contributed by atoms with Crippen molar-refractivity contribution in [1.29, 1.82) is 0 Å². The number of alkyl halides is 1. The average Bonchev–Trinajstić information content (AvgIpc) is 2.53. The van der Waals surface area contributed by atoms with E-state index in [2.05, 4.69) is 6.58 Å². The first kappa shape index (κ1) is 18.3. The zero-order valence-electron chi connectivity index (χ0n) is 12.6. The van der Waals surface area contributed by atoms with Crippen molar-refractivity contribution in [3.05, 3.63) is 42.5 Å². The zero-order chi connectivity index (χ0) is 16.4. The van der Waals surface area contributed by atoms with E-state index in [9.17, 15) is 9.90 Å². The molecule has 1 aromatic carbocycles. The normalized spacial score (nSPS) is 12.1. The molecule has 4 nitrogen and oxygen atoms in total. The van der Waals surface area contributed by atoms with Crippen LogP contribution in [0.3, 0.4) is 0 Å². The molecule has 0 heterocycles. The second kappa shape index (κ2) is 10.0. The Bertz CT molecular complexity index is 525. The van der Waals surface area contributed by atoms with Gasteiger partial charge in [-0.1, -0.05) is 18.2 Å². The Morgan fingerprint density at radius 3 is 2.86 bits per heavy atom. The summed E-state index contributed by atoms with van der Waals surface area (Å²) in [5.74, 6) is 1.60. The molecule has 0 fully saturated rings. The Morgan fingerprint density at radius 2 is 2.23 bits per heavy atom. The second-order valence-corrected chi connectivity index (χ2v) is 4.99. The van der Waals surface area contributed by atoms with E-state index in [1.165, 1.54) is 12.2 Å². The predicted octanol–water partition coefficient (Wildman–Crippen LogP) is 3.22. The van der Waals surface area contributed by atoms with E-state index in [0.717, 1.165) is 12.0 Å². The van der Waals surface area contributed by atoms with Crippen LogP contribution in [0, 0.1) is 0 Å². The molecule has 5 heteroatoms. The Morgan fingerprint density at radius 1 is 1.45 bits per heavy atom. The number of aliphatic hydroxyl groups excluding tert-OH is 1. The highest BCUT2D eigenvalue weighted by Crippen LogP contribution is 2.28. The Labute approximate surface area is 136 Å². The SMILES string of the molecule is C=CC(O)CC(=O)C=Cc1ccc(OCCCCl)c(OC)c1. The van der Waals surface area contributed by atoms with Gasteiger partial charge in [-0.2, -0.15) is 0 Å². The third kappa shape index (κ3) is 6.33. The van der Waals surface area contributed by atoms with Gasteiger partial charge in [0.05, 0.1) is 19.8 Å². The van der Waals surface area contributed by atoms with Crippen LogP contribution in [0.4, 0.5) is 0 Å². The van der Waals surface area contributed by atoms with Crippen molar-refractivity contribution in [2.45, 2.75) is 18.9 Å². The van der Waals surface area contributed by atoms with Gasteiger partial charge in [0.1, 0.15) is 0 Å². The molecule has 1 rings (SSSR count). The van der Waals surface area contributed by atoms with E-state index in [1.807, 2.05) is 6.07 Å². The van der Waals surface area contributed by atoms with Crippen molar-refractivity contribution >= 4 is 23.5 Å². The van der Waals surface area contributed by atoms with Gasteiger partial charge in [0.25, 0.3) is 0 Å². The molecule has 22 heavy (non-hydrogen) atoms. The van der Waals surface area contributed by atoms with Crippen LogP contribution < -0.4 is 9.47 Å². The van der Waals surface area contributed by atoms with Gasteiger partial charge < -0.3 is 14.6 Å². The fraction of sp³-hybridized carbons (Fsp3) is 0.353. The molecule has 0 radical (unpaired) electrons. The fourth-order valence-electron chi connectivity index (χ4n) is 1.69. The number of aliphatic hydroxyl groups is 1. The number of rotatable bonds is 10. The van der Waals surface area contributed by atoms with E-state index < -0.39 is 6.10 Å². The number of benzene rings is 1. The molecule has 0 amide bonds. The molecule has 0 saturated heterocycles. The molecule has 0 aliphatic rings. The van der Waals surface area contributed by atoms with Crippen LogP contribution in [-0.4, -0.2) is 36.6 Å². The summed E-state index contributed by atoms with van der Waals surface area (Å²) in [5, 5.41) is 9.33. The summed E-state index contributed by atoms with van der Waals surface area (Å²) in [7, 11) is 1.56. The second-order valence-electron chi connectivity index (χ2n) is 4.61. The topological polar surface area (TPSA) is 55.8 Å². The number of ketones is 1. The number of hydrogen-bond acceptors (Lipinski definition) is 4. The number of methoxy groups -OCH3 is 1. The number of carbonyl (C=O) groups excluding carboxylic acids is 1. The van der Waals surface area contributed by atoms with Crippen molar-refractivity contribution in [2.75, 3.05) is 19.6 Å². The smallest absolute Gasteiger partial charge is 0.161 e. The highest BCUT2D eigenvalue weighted by atomic mass is 35.5. The first-order valence-electron chi connectivity index (χ1n) is 6.99. The molecule has 0 aliphatic heterocycles. The third-order valence-corrected chi connectivity index (χ3v) is 3.13. The van der Waals surface area contributed by atoms with Gasteiger partial charge >= 0.3 is 0 Å². The summed E-state index contributed by atoms with van der Waals surface area (Å²) in [6.45, 7) is 3.95. The van der Waals surface area contributed by atoms with E-state index in [4.69, 9.17) is 21.1 Å². The molecular weight excluding hydrogens is 304 g/mol. The highest BCUT2D eigenvalue weighted by Gasteiger charge is 2.06. The van der Waals surface area contributed by atoms with Crippen LogP contribution in [0.15, 0.2) is 36.9 Å². The van der Waals surface area contributed by atoms with Crippen molar-refractivity contribution in [3.63, 3.8) is 0 Å². The number of halogens is 1. The summed E-state index contributed by atoms with van der Waals surface area (Å²) in [4.78, 5) is 11.6. The molecule has 120 valence electrons. The number of allylic oxidation sites excluding steroid dienone is 1. The highest BCUT2D eigenvalue weighted by molar-refractivity contribution is 6.17. The van der Waals surface area contributed by atoms with Gasteiger partial charge in [0.15, 0.2) is 17.3 Å². The van der Waals surface area contributed by atoms with Crippen LogP contribution in [0.5, 0.6) is 11.5 Å². The van der Waals surface area contributed by atoms with Gasteiger partial charge in [-0.15, -0.1) is 18.2 Å². The van der Waals surface area contributed by atoms with Gasteiger partial charge in [-0.05, 0) is 30.2 Å². The van der Waals surface area contributed by atoms with E-state index in [1.54, 1.807) is 25.3 Å². The standard InChI is InChI=1S/C17H21ClO4/c1-3-14(19)12-15(20)7-5-13-6-8-16(17(11-13)21-2)22-10-4-9-18/h3,5-8,11,14,19H,1,4,9-10,12H2,2H3. The summed E-state index contributed by atoms with van der Waals surface area (Å²) in [6, 6.07) is 5.39. The molecule has 0 bridgehead atoms. The molecule has 1 N–H and O–H groups in total. The third-order valence-electron chi connectivity index (χ3n) is 2.87. The largest absolute Gasteiger partial charge is 0.493 e. The van der Waals surface area contributed by atoms with Gasteiger partial charge in [0, 0.05) is 12.3 Å². The molecule has 0 aliphatic carbocycles. The lowest BCUT2D eigenvalue weighted by molar-refractivity contribution is -0.115. The first-order chi connectivity index (χ1) is 10.6. The summed E-state index contributed by atoms with van der Waals surface area (Å²) < 4.78 is 10.8. The van der Waals surface area contributed by atoms with Crippen LogP contribution >= 0.6 is 11.6 Å². The van der Waals surface area contributed by atoms with Crippen molar-refractivity contribution in [2.24, 2.45) is 0 Å². The van der Waals surface area contributed by atoms with Crippen molar-refractivity contribution in [3.8, 4) is 11.5 Å². The maximum absolute atomic E-state index is 11.6. The minimum atomic E-state index is -0.815. The molecule has 0 spiro atoms. The fourth-order valence-corrected chi connectivity index (χ4v) is 1.80. The van der Waals surface area contributed by atoms with E-state index in [-0.39, 0.29) is 12.2 Å². The number of ether oxygens (including phenoxy) is 2. The maximum Gasteiger partial charge on any atom is 0.161 e. The Balaban J connectivity index is 2.72. The van der Waals surface area contributed by atoms with Crippen LogP contribution in [0.2, 0.25) is 0 Å². The zero-order valence-corrected chi connectivity index (χ0v) is 13.4. The lowest BCUT2D eigenvalue weighted by atomic mass is 10.1. The molecule has 1 unspecified atom stereocenters. The summed E-state index contributed by atoms with van der Waals surface area (Å²) in [6.07, 6.45) is 4.40. The van der Waals surface area contributed by atoms with Gasteiger partial charge in [-0.25, -0.2) is 0 Å². The average molecular weight is 325 g/mol. The monoisotopic (exact) mass is 324 g/mol. The first-order valence-corrected chi connectivity index (χ1v) is 7.52. The maximum atomic E-state index is 11.6. The summed E-state index contributed by atoms with van der Waals surface area (Å²) >= 11 is 5.61. The van der Waals surface area contributed by atoms with E-state index in [0.29, 0.717) is 24.0 Å². The van der Waals surface area contributed by atoms with Crippen LogP contribution in [0.1, 0.15) is 18.4 Å².